The molecule has 4 nitrogen and oxygen atoms in total. The third-order valence-electron chi connectivity index (χ3n) is 3.26. The molecule has 1 fully saturated rings. The predicted molar refractivity (Wildman–Crippen MR) is 62.3 cm³/mol. The van der Waals surface area contributed by atoms with Gasteiger partial charge in [-0.25, -0.2) is 0 Å². The summed E-state index contributed by atoms with van der Waals surface area (Å²) in [5, 5.41) is 8.92. The highest BCUT2D eigenvalue weighted by molar-refractivity contribution is 5.86. The molecular weight excluding hydrogens is 218 g/mol. The Balaban J connectivity index is 2.14. The van der Waals surface area contributed by atoms with Crippen LogP contribution in [0.1, 0.15) is 24.9 Å². The molecule has 1 aromatic carbocycles. The number of carbonyl (C=O) groups excluding carboxylic acids is 1. The molecule has 1 aromatic rings. The third-order valence-corrected chi connectivity index (χ3v) is 3.26. The SMILES string of the molecule is CC(c1ccccc1)N1C[C@@H](C(=O)O)CC1=O. The van der Waals surface area contributed by atoms with E-state index < -0.39 is 11.9 Å². The highest BCUT2D eigenvalue weighted by Crippen LogP contribution is 2.28. The second-order valence-corrected chi connectivity index (χ2v) is 4.37. The van der Waals surface area contributed by atoms with Gasteiger partial charge in [-0.05, 0) is 12.5 Å². The molecule has 2 rings (SSSR count). The van der Waals surface area contributed by atoms with Crippen LogP contribution in [0.5, 0.6) is 0 Å². The van der Waals surface area contributed by atoms with Crippen LogP contribution in [0.4, 0.5) is 0 Å². The summed E-state index contributed by atoms with van der Waals surface area (Å²) in [6.07, 6.45) is 0.118. The summed E-state index contributed by atoms with van der Waals surface area (Å²) >= 11 is 0. The molecule has 1 amide bonds. The van der Waals surface area contributed by atoms with E-state index in [4.69, 9.17) is 5.11 Å². The Morgan fingerprint density at radius 2 is 2.06 bits per heavy atom. The lowest BCUT2D eigenvalue weighted by atomic mass is 10.1. The first kappa shape index (κ1) is 11.6. The largest absolute Gasteiger partial charge is 0.481 e. The first-order chi connectivity index (χ1) is 8.09. The fraction of sp³-hybridized carbons (Fsp3) is 0.385. The molecule has 0 saturated carbocycles. The Hall–Kier alpha value is -1.84. The van der Waals surface area contributed by atoms with Crippen molar-refractivity contribution < 1.29 is 14.7 Å². The van der Waals surface area contributed by atoms with Gasteiger partial charge in [-0.2, -0.15) is 0 Å². The van der Waals surface area contributed by atoms with E-state index in [1.807, 2.05) is 37.3 Å². The first-order valence-electron chi connectivity index (χ1n) is 5.67. The summed E-state index contributed by atoms with van der Waals surface area (Å²) in [4.78, 5) is 24.3. The van der Waals surface area contributed by atoms with Gasteiger partial charge in [-0.3, -0.25) is 9.59 Å². The Labute approximate surface area is 99.9 Å². The van der Waals surface area contributed by atoms with Gasteiger partial charge in [-0.1, -0.05) is 30.3 Å². The summed E-state index contributed by atoms with van der Waals surface area (Å²) in [5.74, 6) is -1.52. The maximum Gasteiger partial charge on any atom is 0.308 e. The van der Waals surface area contributed by atoms with Crippen LogP contribution in [0, 0.1) is 5.92 Å². The van der Waals surface area contributed by atoms with Crippen LogP contribution in [-0.4, -0.2) is 28.4 Å². The van der Waals surface area contributed by atoms with E-state index in [0.717, 1.165) is 5.56 Å². The summed E-state index contributed by atoms with van der Waals surface area (Å²) in [5.41, 5.74) is 1.03. The van der Waals surface area contributed by atoms with Crippen molar-refractivity contribution in [3.63, 3.8) is 0 Å². The van der Waals surface area contributed by atoms with Gasteiger partial charge >= 0.3 is 5.97 Å². The minimum Gasteiger partial charge on any atom is -0.481 e. The monoisotopic (exact) mass is 233 g/mol. The van der Waals surface area contributed by atoms with Crippen molar-refractivity contribution in [1.82, 2.24) is 4.90 Å². The highest BCUT2D eigenvalue weighted by Gasteiger charge is 2.36. The molecule has 1 heterocycles. The van der Waals surface area contributed by atoms with Crippen molar-refractivity contribution in [3.05, 3.63) is 35.9 Å². The molecule has 0 spiro atoms. The Morgan fingerprint density at radius 3 is 2.59 bits per heavy atom. The Kier molecular flexibility index (Phi) is 3.13. The summed E-state index contributed by atoms with van der Waals surface area (Å²) in [7, 11) is 0. The summed E-state index contributed by atoms with van der Waals surface area (Å²) in [6.45, 7) is 2.24. The van der Waals surface area contributed by atoms with Crippen molar-refractivity contribution in [1.29, 1.82) is 0 Å². The molecule has 0 aliphatic carbocycles. The molecule has 1 saturated heterocycles. The lowest BCUT2D eigenvalue weighted by Gasteiger charge is -2.24. The standard InChI is InChI=1S/C13H15NO3/c1-9(10-5-3-2-4-6-10)14-8-11(13(16)17)7-12(14)15/h2-6,9,11H,7-8H2,1H3,(H,16,17)/t9?,11-/m0/s1. The van der Waals surface area contributed by atoms with Crippen molar-refractivity contribution in [3.8, 4) is 0 Å². The van der Waals surface area contributed by atoms with Crippen molar-refractivity contribution in [2.24, 2.45) is 5.92 Å². The van der Waals surface area contributed by atoms with Crippen LogP contribution in [0.15, 0.2) is 30.3 Å². The van der Waals surface area contributed by atoms with Crippen LogP contribution >= 0.6 is 0 Å². The smallest absolute Gasteiger partial charge is 0.308 e. The fourth-order valence-corrected chi connectivity index (χ4v) is 2.18. The number of likely N-dealkylation sites (tertiary alicyclic amines) is 1. The lowest BCUT2D eigenvalue weighted by molar-refractivity contribution is -0.141. The average molecular weight is 233 g/mol. The molecule has 90 valence electrons. The highest BCUT2D eigenvalue weighted by atomic mass is 16.4. The second-order valence-electron chi connectivity index (χ2n) is 4.37. The molecule has 1 aliphatic heterocycles. The number of nitrogens with zero attached hydrogens (tertiary/aromatic N) is 1. The number of hydrogen-bond acceptors (Lipinski definition) is 2. The van der Waals surface area contributed by atoms with Gasteiger partial charge in [0, 0.05) is 13.0 Å². The Bertz CT molecular complexity index is 430. The number of amides is 1. The minimum absolute atomic E-state index is 0.0620. The fourth-order valence-electron chi connectivity index (χ4n) is 2.18. The molecule has 1 aliphatic rings. The van der Waals surface area contributed by atoms with E-state index in [9.17, 15) is 9.59 Å². The predicted octanol–water partition coefficient (Wildman–Crippen LogP) is 1.68. The van der Waals surface area contributed by atoms with E-state index in [1.54, 1.807) is 4.90 Å². The van der Waals surface area contributed by atoms with Crippen LogP contribution in [-0.2, 0) is 9.59 Å². The van der Waals surface area contributed by atoms with Crippen LogP contribution in [0.25, 0.3) is 0 Å². The maximum absolute atomic E-state index is 11.8. The van der Waals surface area contributed by atoms with Gasteiger partial charge in [0.2, 0.25) is 5.91 Å². The van der Waals surface area contributed by atoms with Crippen LogP contribution < -0.4 is 0 Å². The number of carboxylic acid groups (broad SMARTS) is 1. The molecule has 0 aromatic heterocycles. The number of hydrogen-bond donors (Lipinski definition) is 1. The van der Waals surface area contributed by atoms with E-state index in [0.29, 0.717) is 6.54 Å². The quantitative estimate of drug-likeness (QED) is 0.864. The van der Waals surface area contributed by atoms with Crippen molar-refractivity contribution in [2.45, 2.75) is 19.4 Å². The lowest BCUT2D eigenvalue weighted by Crippen LogP contribution is -2.29. The zero-order valence-corrected chi connectivity index (χ0v) is 9.67. The average Bonchev–Trinajstić information content (AvgIpc) is 2.72. The molecule has 17 heavy (non-hydrogen) atoms. The van der Waals surface area contributed by atoms with Gasteiger partial charge in [0.1, 0.15) is 0 Å². The van der Waals surface area contributed by atoms with Gasteiger partial charge < -0.3 is 10.0 Å². The second kappa shape index (κ2) is 4.57. The maximum atomic E-state index is 11.8. The topological polar surface area (TPSA) is 57.6 Å². The number of aliphatic carboxylic acids is 1. The van der Waals surface area contributed by atoms with Crippen molar-refractivity contribution >= 4 is 11.9 Å². The van der Waals surface area contributed by atoms with E-state index in [-0.39, 0.29) is 18.4 Å². The number of carbonyl (C=O) groups is 2. The molecule has 1 N–H and O–H groups in total. The molecule has 4 heteroatoms. The van der Waals surface area contributed by atoms with E-state index in [1.165, 1.54) is 0 Å². The van der Waals surface area contributed by atoms with Crippen LogP contribution in [0.3, 0.4) is 0 Å². The third kappa shape index (κ3) is 2.30. The van der Waals surface area contributed by atoms with Gasteiger partial charge in [0.15, 0.2) is 0 Å². The molecular formula is C13H15NO3. The zero-order valence-electron chi connectivity index (χ0n) is 9.67. The Morgan fingerprint density at radius 1 is 1.41 bits per heavy atom. The van der Waals surface area contributed by atoms with E-state index in [2.05, 4.69) is 0 Å². The number of carboxylic acids is 1. The van der Waals surface area contributed by atoms with E-state index >= 15 is 0 Å². The first-order valence-corrected chi connectivity index (χ1v) is 5.67. The van der Waals surface area contributed by atoms with Gasteiger partial charge in [0.05, 0.1) is 12.0 Å². The van der Waals surface area contributed by atoms with Gasteiger partial charge in [-0.15, -0.1) is 0 Å². The van der Waals surface area contributed by atoms with Gasteiger partial charge in [0.25, 0.3) is 0 Å². The molecule has 2 atom stereocenters. The summed E-state index contributed by atoms with van der Waals surface area (Å²) < 4.78 is 0. The normalized spacial score (nSPS) is 21.6. The zero-order chi connectivity index (χ0) is 12.4. The summed E-state index contributed by atoms with van der Waals surface area (Å²) in [6, 6.07) is 9.59. The molecule has 1 unspecified atom stereocenters. The number of benzene rings is 1. The minimum atomic E-state index is -0.888. The number of rotatable bonds is 3. The van der Waals surface area contributed by atoms with Crippen LogP contribution in [0.2, 0.25) is 0 Å². The molecule has 0 bridgehead atoms. The van der Waals surface area contributed by atoms with Crippen molar-refractivity contribution in [2.75, 3.05) is 6.54 Å². The molecule has 0 radical (unpaired) electrons.